The van der Waals surface area contributed by atoms with Crippen LogP contribution in [0.3, 0.4) is 0 Å². The van der Waals surface area contributed by atoms with Crippen molar-refractivity contribution in [1.82, 2.24) is 4.90 Å². The van der Waals surface area contributed by atoms with E-state index in [1.165, 1.54) is 38.4 Å². The fraction of sp³-hybridized carbons (Fsp3) is 0.450. The molecule has 2 N–H and O–H groups in total. The molecule has 2 rings (SSSR count). The Morgan fingerprint density at radius 1 is 1.10 bits per heavy atom. The molecule has 1 aromatic rings. The molecule has 0 aliphatic carbocycles. The lowest BCUT2D eigenvalue weighted by Crippen LogP contribution is -2.45. The Balaban J connectivity index is 1.96. The molecule has 0 saturated carbocycles. The van der Waals surface area contributed by atoms with Gasteiger partial charge in [-0.3, -0.25) is 9.59 Å². The summed E-state index contributed by atoms with van der Waals surface area (Å²) >= 11 is 0. The monoisotopic (exact) mass is 406 g/mol. The minimum atomic E-state index is -0.682. The molecular weight excluding hydrogens is 380 g/mol. The standard InChI is InChI=1S/C20H26N2O7/c1-26-15-10-17(28-3)16(27-2)9-13(15)6-7-19(24)29-12-18(23)22-8-4-5-14(11-22)20(21)25/h6-7,9-10,14H,4-5,8,11-12H2,1-3H3,(H2,21,25)/b7-6+/t14-/m0/s1. The molecule has 0 radical (unpaired) electrons. The molecule has 1 fully saturated rings. The molecule has 158 valence electrons. The Bertz CT molecular complexity index is 791. The van der Waals surface area contributed by atoms with Crippen LogP contribution in [-0.2, 0) is 19.1 Å². The maximum Gasteiger partial charge on any atom is 0.331 e. The maximum atomic E-state index is 12.2. The highest BCUT2D eigenvalue weighted by Gasteiger charge is 2.27. The molecule has 1 saturated heterocycles. The third-order valence-electron chi connectivity index (χ3n) is 4.65. The highest BCUT2D eigenvalue weighted by Crippen LogP contribution is 2.35. The van der Waals surface area contributed by atoms with Gasteiger partial charge in [-0.25, -0.2) is 4.79 Å². The second-order valence-electron chi connectivity index (χ2n) is 6.47. The van der Waals surface area contributed by atoms with E-state index in [1.54, 1.807) is 12.1 Å². The number of carbonyl (C=O) groups excluding carboxylic acids is 3. The molecule has 0 aromatic heterocycles. The number of rotatable bonds is 8. The first kappa shape index (κ1) is 22.1. The van der Waals surface area contributed by atoms with E-state index in [1.807, 2.05) is 0 Å². The van der Waals surface area contributed by atoms with Crippen molar-refractivity contribution in [2.24, 2.45) is 11.7 Å². The number of esters is 1. The molecule has 1 aliphatic heterocycles. The van der Waals surface area contributed by atoms with Crippen molar-refractivity contribution >= 4 is 23.9 Å². The van der Waals surface area contributed by atoms with E-state index in [2.05, 4.69) is 0 Å². The minimum absolute atomic E-state index is 0.254. The average Bonchev–Trinajstić information content (AvgIpc) is 2.75. The number of hydrogen-bond acceptors (Lipinski definition) is 7. The zero-order chi connectivity index (χ0) is 21.4. The molecule has 2 amide bonds. The smallest absolute Gasteiger partial charge is 0.331 e. The van der Waals surface area contributed by atoms with Gasteiger partial charge in [0, 0.05) is 30.8 Å². The number of amides is 2. The molecular formula is C20H26N2O7. The summed E-state index contributed by atoms with van der Waals surface area (Å²) in [6.45, 7) is 0.362. The summed E-state index contributed by atoms with van der Waals surface area (Å²) in [6.07, 6.45) is 4.04. The molecule has 9 nitrogen and oxygen atoms in total. The van der Waals surface area contributed by atoms with Crippen LogP contribution < -0.4 is 19.9 Å². The molecule has 1 heterocycles. The summed E-state index contributed by atoms with van der Waals surface area (Å²) in [5.74, 6) is -0.378. The van der Waals surface area contributed by atoms with E-state index in [-0.39, 0.29) is 18.4 Å². The van der Waals surface area contributed by atoms with Crippen molar-refractivity contribution in [2.75, 3.05) is 41.0 Å². The van der Waals surface area contributed by atoms with E-state index in [4.69, 9.17) is 24.7 Å². The number of piperidine rings is 1. The molecule has 1 aromatic carbocycles. The van der Waals surface area contributed by atoms with Crippen LogP contribution in [0.25, 0.3) is 6.08 Å². The normalized spacial score (nSPS) is 16.4. The predicted molar refractivity (Wildman–Crippen MR) is 105 cm³/mol. The number of likely N-dealkylation sites (tertiary alicyclic amines) is 1. The van der Waals surface area contributed by atoms with Crippen LogP contribution in [0.15, 0.2) is 18.2 Å². The topological polar surface area (TPSA) is 117 Å². The van der Waals surface area contributed by atoms with Gasteiger partial charge in [-0.2, -0.15) is 0 Å². The van der Waals surface area contributed by atoms with Gasteiger partial charge in [0.1, 0.15) is 5.75 Å². The van der Waals surface area contributed by atoms with E-state index in [9.17, 15) is 14.4 Å². The van der Waals surface area contributed by atoms with E-state index in [0.29, 0.717) is 42.2 Å². The highest BCUT2D eigenvalue weighted by atomic mass is 16.5. The van der Waals surface area contributed by atoms with Crippen LogP contribution in [-0.4, -0.2) is 63.7 Å². The van der Waals surface area contributed by atoms with Gasteiger partial charge < -0.3 is 29.6 Å². The lowest BCUT2D eigenvalue weighted by Gasteiger charge is -2.30. The molecule has 0 bridgehead atoms. The Hall–Kier alpha value is -3.23. The summed E-state index contributed by atoms with van der Waals surface area (Å²) in [5, 5.41) is 0. The average molecular weight is 406 g/mol. The van der Waals surface area contributed by atoms with Crippen molar-refractivity contribution in [1.29, 1.82) is 0 Å². The second kappa shape index (κ2) is 10.4. The number of nitrogens with two attached hydrogens (primary N) is 1. The van der Waals surface area contributed by atoms with Crippen LogP contribution in [0.1, 0.15) is 18.4 Å². The number of nitrogens with zero attached hydrogens (tertiary/aromatic N) is 1. The zero-order valence-corrected chi connectivity index (χ0v) is 16.8. The minimum Gasteiger partial charge on any atom is -0.496 e. The van der Waals surface area contributed by atoms with Gasteiger partial charge in [-0.1, -0.05) is 0 Å². The van der Waals surface area contributed by atoms with Crippen molar-refractivity contribution in [2.45, 2.75) is 12.8 Å². The Morgan fingerprint density at radius 2 is 1.76 bits per heavy atom. The summed E-state index contributed by atoms with van der Waals surface area (Å²) in [5.41, 5.74) is 5.89. The van der Waals surface area contributed by atoms with Crippen LogP contribution in [0.5, 0.6) is 17.2 Å². The Kier molecular flexibility index (Phi) is 7.88. The maximum absolute atomic E-state index is 12.2. The van der Waals surface area contributed by atoms with Crippen molar-refractivity contribution in [3.8, 4) is 17.2 Å². The summed E-state index contributed by atoms with van der Waals surface area (Å²) < 4.78 is 20.8. The number of ether oxygens (including phenoxy) is 4. The first-order chi connectivity index (χ1) is 13.9. The molecule has 0 unspecified atom stereocenters. The SMILES string of the molecule is COc1cc(OC)c(OC)cc1/C=C/C(=O)OCC(=O)N1CCC[C@H](C(N)=O)C1. The molecule has 1 aliphatic rings. The third kappa shape index (κ3) is 5.87. The van der Waals surface area contributed by atoms with Gasteiger partial charge in [0.15, 0.2) is 18.1 Å². The molecule has 29 heavy (non-hydrogen) atoms. The predicted octanol–water partition coefficient (Wildman–Crippen LogP) is 0.993. The molecule has 0 spiro atoms. The number of carbonyl (C=O) groups is 3. The van der Waals surface area contributed by atoms with Crippen LogP contribution in [0.4, 0.5) is 0 Å². The number of hydrogen-bond donors (Lipinski definition) is 1. The Labute approximate surface area is 169 Å². The van der Waals surface area contributed by atoms with Crippen LogP contribution >= 0.6 is 0 Å². The van der Waals surface area contributed by atoms with E-state index < -0.39 is 18.5 Å². The number of benzene rings is 1. The van der Waals surface area contributed by atoms with E-state index >= 15 is 0 Å². The van der Waals surface area contributed by atoms with Crippen molar-refractivity contribution < 1.29 is 33.3 Å². The fourth-order valence-corrected chi connectivity index (χ4v) is 3.05. The highest BCUT2D eigenvalue weighted by molar-refractivity contribution is 5.90. The first-order valence-corrected chi connectivity index (χ1v) is 9.11. The van der Waals surface area contributed by atoms with E-state index in [0.717, 1.165) is 0 Å². The quantitative estimate of drug-likeness (QED) is 0.505. The third-order valence-corrected chi connectivity index (χ3v) is 4.65. The van der Waals surface area contributed by atoms with Crippen LogP contribution in [0.2, 0.25) is 0 Å². The fourth-order valence-electron chi connectivity index (χ4n) is 3.05. The van der Waals surface area contributed by atoms with Crippen molar-refractivity contribution in [3.63, 3.8) is 0 Å². The number of primary amides is 1. The largest absolute Gasteiger partial charge is 0.496 e. The molecule has 1 atom stereocenters. The lowest BCUT2D eigenvalue weighted by molar-refractivity contribution is -0.149. The Morgan fingerprint density at radius 3 is 2.38 bits per heavy atom. The van der Waals surface area contributed by atoms with Crippen molar-refractivity contribution in [3.05, 3.63) is 23.8 Å². The molecule has 9 heteroatoms. The van der Waals surface area contributed by atoms with Gasteiger partial charge in [-0.15, -0.1) is 0 Å². The first-order valence-electron chi connectivity index (χ1n) is 9.11. The summed E-state index contributed by atoms with van der Waals surface area (Å²) in [4.78, 5) is 37.0. The number of methoxy groups -OCH3 is 3. The summed E-state index contributed by atoms with van der Waals surface area (Å²) in [6, 6.07) is 3.29. The van der Waals surface area contributed by atoms with Gasteiger partial charge in [0.05, 0.1) is 27.2 Å². The second-order valence-corrected chi connectivity index (χ2v) is 6.47. The van der Waals surface area contributed by atoms with Crippen LogP contribution in [0, 0.1) is 5.92 Å². The van der Waals surface area contributed by atoms with Gasteiger partial charge in [0.2, 0.25) is 5.91 Å². The lowest BCUT2D eigenvalue weighted by atomic mass is 9.97. The van der Waals surface area contributed by atoms with Gasteiger partial charge in [0.25, 0.3) is 5.91 Å². The summed E-state index contributed by atoms with van der Waals surface area (Å²) in [7, 11) is 4.50. The van der Waals surface area contributed by atoms with Gasteiger partial charge in [-0.05, 0) is 25.0 Å². The zero-order valence-electron chi connectivity index (χ0n) is 16.8. The van der Waals surface area contributed by atoms with Gasteiger partial charge >= 0.3 is 5.97 Å².